The Morgan fingerprint density at radius 3 is 2.50 bits per heavy atom. The molecule has 1 fully saturated rings. The maximum Gasteiger partial charge on any atom is 0.307 e. The van der Waals surface area contributed by atoms with Gasteiger partial charge in [-0.1, -0.05) is 0 Å². The van der Waals surface area contributed by atoms with E-state index in [1.54, 1.807) is 0 Å². The second-order valence-corrected chi connectivity index (χ2v) is 4.70. The number of carboxylic acid groups (broad SMARTS) is 1. The summed E-state index contributed by atoms with van der Waals surface area (Å²) in [7, 11) is 0. The van der Waals surface area contributed by atoms with E-state index >= 15 is 0 Å². The highest BCUT2D eigenvalue weighted by molar-refractivity contribution is 5.70. The fraction of sp³-hybridized carbons (Fsp3) is 0.462. The molecule has 0 bridgehead atoms. The molecule has 2 atom stereocenters. The van der Waals surface area contributed by atoms with Crippen LogP contribution in [0.4, 0.5) is 8.78 Å². The molecule has 1 N–H and O–H groups in total. The third kappa shape index (κ3) is 2.67. The minimum Gasteiger partial charge on any atom is -0.481 e. The number of carbonyl (C=O) groups is 1. The number of halogens is 2. The predicted molar refractivity (Wildman–Crippen MR) is 62.1 cm³/mol. The highest BCUT2D eigenvalue weighted by atomic mass is 19.1. The standard InChI is InChI=1S/C13H15F2NO2/c1-8(10-4-11(14)6-12(15)5-10)16-3-2-9(7-16)13(17)18/h4-6,8-9H,2-3,7H2,1H3,(H,17,18). The van der Waals surface area contributed by atoms with Crippen molar-refractivity contribution in [2.24, 2.45) is 5.92 Å². The van der Waals surface area contributed by atoms with Gasteiger partial charge < -0.3 is 5.11 Å². The lowest BCUT2D eigenvalue weighted by atomic mass is 10.1. The molecule has 2 rings (SSSR count). The summed E-state index contributed by atoms with van der Waals surface area (Å²) in [6.45, 7) is 2.89. The van der Waals surface area contributed by atoms with Crippen LogP contribution in [-0.2, 0) is 4.79 Å². The summed E-state index contributed by atoms with van der Waals surface area (Å²) in [4.78, 5) is 12.8. The van der Waals surface area contributed by atoms with Gasteiger partial charge in [0.1, 0.15) is 11.6 Å². The van der Waals surface area contributed by atoms with Gasteiger partial charge in [0.05, 0.1) is 5.92 Å². The van der Waals surface area contributed by atoms with Gasteiger partial charge in [0.15, 0.2) is 0 Å². The van der Waals surface area contributed by atoms with Crippen molar-refractivity contribution >= 4 is 5.97 Å². The molecule has 18 heavy (non-hydrogen) atoms. The second-order valence-electron chi connectivity index (χ2n) is 4.70. The zero-order valence-corrected chi connectivity index (χ0v) is 10.1. The van der Waals surface area contributed by atoms with E-state index in [1.165, 1.54) is 12.1 Å². The topological polar surface area (TPSA) is 40.5 Å². The van der Waals surface area contributed by atoms with Crippen molar-refractivity contribution in [3.05, 3.63) is 35.4 Å². The molecular weight excluding hydrogens is 240 g/mol. The number of rotatable bonds is 3. The van der Waals surface area contributed by atoms with Gasteiger partial charge in [-0.15, -0.1) is 0 Å². The van der Waals surface area contributed by atoms with Crippen molar-refractivity contribution in [2.45, 2.75) is 19.4 Å². The van der Waals surface area contributed by atoms with Crippen LogP contribution in [0.1, 0.15) is 24.9 Å². The number of hydrogen-bond donors (Lipinski definition) is 1. The first-order valence-corrected chi connectivity index (χ1v) is 5.90. The summed E-state index contributed by atoms with van der Waals surface area (Å²) in [5.74, 6) is -2.40. The predicted octanol–water partition coefficient (Wildman–Crippen LogP) is 2.43. The van der Waals surface area contributed by atoms with Gasteiger partial charge in [0.2, 0.25) is 0 Å². The van der Waals surface area contributed by atoms with Crippen LogP contribution in [0.25, 0.3) is 0 Å². The molecule has 98 valence electrons. The van der Waals surface area contributed by atoms with Crippen molar-refractivity contribution in [1.29, 1.82) is 0 Å². The molecule has 1 aromatic rings. The Morgan fingerprint density at radius 1 is 1.39 bits per heavy atom. The summed E-state index contributed by atoms with van der Waals surface area (Å²) in [6, 6.07) is 3.24. The number of nitrogens with zero attached hydrogens (tertiary/aromatic N) is 1. The van der Waals surface area contributed by atoms with E-state index < -0.39 is 17.6 Å². The molecule has 3 nitrogen and oxygen atoms in total. The number of aliphatic carboxylic acids is 1. The molecule has 0 amide bonds. The summed E-state index contributed by atoms with van der Waals surface area (Å²) in [6.07, 6.45) is 0.581. The van der Waals surface area contributed by atoms with Crippen LogP contribution in [0.15, 0.2) is 18.2 Å². The molecule has 0 spiro atoms. The van der Waals surface area contributed by atoms with Gasteiger partial charge in [0.25, 0.3) is 0 Å². The van der Waals surface area contributed by atoms with Crippen molar-refractivity contribution in [2.75, 3.05) is 13.1 Å². The number of likely N-dealkylation sites (tertiary alicyclic amines) is 1. The Labute approximate surface area is 104 Å². The van der Waals surface area contributed by atoms with Crippen LogP contribution in [0, 0.1) is 17.6 Å². The molecule has 2 unspecified atom stereocenters. The van der Waals surface area contributed by atoms with Gasteiger partial charge in [-0.05, 0) is 37.6 Å². The largest absolute Gasteiger partial charge is 0.481 e. The Morgan fingerprint density at radius 2 is 2.00 bits per heavy atom. The lowest BCUT2D eigenvalue weighted by Gasteiger charge is -2.24. The third-order valence-corrected chi connectivity index (χ3v) is 3.48. The molecule has 0 saturated carbocycles. The molecule has 0 radical (unpaired) electrons. The second kappa shape index (κ2) is 5.02. The number of benzene rings is 1. The van der Waals surface area contributed by atoms with E-state index in [0.717, 1.165) is 6.07 Å². The van der Waals surface area contributed by atoms with Crippen molar-refractivity contribution in [1.82, 2.24) is 4.90 Å². The fourth-order valence-corrected chi connectivity index (χ4v) is 2.37. The summed E-state index contributed by atoms with van der Waals surface area (Å²) >= 11 is 0. The normalized spacial score (nSPS) is 22.1. The molecule has 0 aromatic heterocycles. The number of carboxylic acids is 1. The maximum absolute atomic E-state index is 13.1. The van der Waals surface area contributed by atoms with E-state index in [1.807, 2.05) is 11.8 Å². The molecule has 5 heteroatoms. The maximum atomic E-state index is 13.1. The van der Waals surface area contributed by atoms with Crippen molar-refractivity contribution in [3.63, 3.8) is 0 Å². The van der Waals surface area contributed by atoms with Crippen LogP contribution >= 0.6 is 0 Å². The van der Waals surface area contributed by atoms with Crippen molar-refractivity contribution in [3.8, 4) is 0 Å². The molecule has 1 aliphatic rings. The summed E-state index contributed by atoms with van der Waals surface area (Å²) in [5, 5.41) is 8.92. The van der Waals surface area contributed by atoms with Crippen molar-refractivity contribution < 1.29 is 18.7 Å². The third-order valence-electron chi connectivity index (χ3n) is 3.48. The molecule has 1 aromatic carbocycles. The Kier molecular flexibility index (Phi) is 3.61. The van der Waals surface area contributed by atoms with E-state index in [4.69, 9.17) is 5.11 Å². The van der Waals surface area contributed by atoms with Crippen LogP contribution in [0.3, 0.4) is 0 Å². The van der Waals surface area contributed by atoms with Gasteiger partial charge in [0, 0.05) is 18.7 Å². The van der Waals surface area contributed by atoms with Crippen LogP contribution in [0.2, 0.25) is 0 Å². The van der Waals surface area contributed by atoms with Crippen LogP contribution in [-0.4, -0.2) is 29.1 Å². The average Bonchev–Trinajstić information content (AvgIpc) is 2.75. The van der Waals surface area contributed by atoms with E-state index in [2.05, 4.69) is 0 Å². The fourth-order valence-electron chi connectivity index (χ4n) is 2.37. The minimum atomic E-state index is -0.810. The minimum absolute atomic E-state index is 0.181. The molecule has 1 saturated heterocycles. The Balaban J connectivity index is 2.12. The van der Waals surface area contributed by atoms with E-state index in [-0.39, 0.29) is 12.0 Å². The van der Waals surface area contributed by atoms with Crippen LogP contribution < -0.4 is 0 Å². The molecule has 1 aliphatic heterocycles. The van der Waals surface area contributed by atoms with Gasteiger partial charge in [-0.2, -0.15) is 0 Å². The monoisotopic (exact) mass is 255 g/mol. The highest BCUT2D eigenvalue weighted by Gasteiger charge is 2.31. The molecular formula is C13H15F2NO2. The van der Waals surface area contributed by atoms with Gasteiger partial charge in [-0.3, -0.25) is 9.69 Å². The highest BCUT2D eigenvalue weighted by Crippen LogP contribution is 2.28. The average molecular weight is 255 g/mol. The smallest absolute Gasteiger partial charge is 0.307 e. The lowest BCUT2D eigenvalue weighted by molar-refractivity contribution is -0.141. The zero-order valence-electron chi connectivity index (χ0n) is 10.1. The first-order valence-electron chi connectivity index (χ1n) is 5.90. The summed E-state index contributed by atoms with van der Waals surface area (Å²) < 4.78 is 26.3. The first-order chi connectivity index (χ1) is 8.47. The Hall–Kier alpha value is -1.49. The van der Waals surface area contributed by atoms with E-state index in [0.29, 0.717) is 25.1 Å². The van der Waals surface area contributed by atoms with Crippen LogP contribution in [0.5, 0.6) is 0 Å². The molecule has 0 aliphatic carbocycles. The number of hydrogen-bond acceptors (Lipinski definition) is 2. The summed E-state index contributed by atoms with van der Waals surface area (Å²) in [5.41, 5.74) is 0.540. The first kappa shape index (κ1) is 13.0. The van der Waals surface area contributed by atoms with Gasteiger partial charge in [-0.25, -0.2) is 8.78 Å². The zero-order chi connectivity index (χ0) is 13.3. The van der Waals surface area contributed by atoms with E-state index in [9.17, 15) is 13.6 Å². The quantitative estimate of drug-likeness (QED) is 0.901. The Bertz CT molecular complexity index is 444. The molecule has 1 heterocycles. The van der Waals surface area contributed by atoms with Gasteiger partial charge >= 0.3 is 5.97 Å². The SMILES string of the molecule is CC(c1cc(F)cc(F)c1)N1CCC(C(=O)O)C1. The lowest BCUT2D eigenvalue weighted by Crippen LogP contribution is -2.26.